The maximum Gasteiger partial charge on any atom is 0.126 e. The van der Waals surface area contributed by atoms with Crippen molar-refractivity contribution in [3.8, 4) is 0 Å². The highest BCUT2D eigenvalue weighted by Crippen LogP contribution is 2.29. The van der Waals surface area contributed by atoms with Crippen LogP contribution >= 0.6 is 0 Å². The quantitative estimate of drug-likeness (QED) is 0.916. The molecule has 1 unspecified atom stereocenters. The number of likely N-dealkylation sites (tertiary alicyclic amines) is 1. The SMILES string of the molecule is CC1(C)CCCN(CCC(N)c2cc(F)cc(F)c2)C1. The number of benzene rings is 1. The Morgan fingerprint density at radius 2 is 1.90 bits per heavy atom. The van der Waals surface area contributed by atoms with Gasteiger partial charge in [0.15, 0.2) is 0 Å². The number of halogens is 2. The van der Waals surface area contributed by atoms with E-state index < -0.39 is 11.6 Å². The van der Waals surface area contributed by atoms with Crippen molar-refractivity contribution in [2.75, 3.05) is 19.6 Å². The van der Waals surface area contributed by atoms with Crippen molar-refractivity contribution in [1.82, 2.24) is 4.90 Å². The van der Waals surface area contributed by atoms with Crippen LogP contribution in [0.3, 0.4) is 0 Å². The van der Waals surface area contributed by atoms with E-state index in [0.717, 1.165) is 32.1 Å². The second-order valence-electron chi connectivity index (χ2n) is 6.64. The summed E-state index contributed by atoms with van der Waals surface area (Å²) in [6, 6.07) is 3.22. The average Bonchev–Trinajstić information content (AvgIpc) is 2.33. The minimum Gasteiger partial charge on any atom is -0.324 e. The highest BCUT2D eigenvalue weighted by atomic mass is 19.1. The molecule has 2 nitrogen and oxygen atoms in total. The molecule has 112 valence electrons. The Labute approximate surface area is 120 Å². The van der Waals surface area contributed by atoms with Gasteiger partial charge in [0.1, 0.15) is 11.6 Å². The summed E-state index contributed by atoms with van der Waals surface area (Å²) in [7, 11) is 0. The average molecular weight is 282 g/mol. The topological polar surface area (TPSA) is 29.3 Å². The van der Waals surface area contributed by atoms with Crippen LogP contribution in [0.4, 0.5) is 8.78 Å². The third kappa shape index (κ3) is 4.25. The Bertz CT molecular complexity index is 440. The summed E-state index contributed by atoms with van der Waals surface area (Å²) in [6.45, 7) is 7.59. The van der Waals surface area contributed by atoms with Gasteiger partial charge in [0, 0.05) is 18.7 Å². The van der Waals surface area contributed by atoms with Crippen molar-refractivity contribution in [3.63, 3.8) is 0 Å². The van der Waals surface area contributed by atoms with Gasteiger partial charge in [-0.3, -0.25) is 0 Å². The first-order valence-electron chi connectivity index (χ1n) is 7.30. The lowest BCUT2D eigenvalue weighted by atomic mass is 9.84. The monoisotopic (exact) mass is 282 g/mol. The van der Waals surface area contributed by atoms with Crippen LogP contribution < -0.4 is 5.73 Å². The fourth-order valence-corrected chi connectivity index (χ4v) is 3.01. The Hall–Kier alpha value is -1.00. The molecule has 0 aliphatic carbocycles. The highest BCUT2D eigenvalue weighted by Gasteiger charge is 2.26. The highest BCUT2D eigenvalue weighted by molar-refractivity contribution is 5.21. The summed E-state index contributed by atoms with van der Waals surface area (Å²) in [6.07, 6.45) is 3.18. The number of hydrogen-bond acceptors (Lipinski definition) is 2. The van der Waals surface area contributed by atoms with Crippen molar-refractivity contribution in [3.05, 3.63) is 35.4 Å². The van der Waals surface area contributed by atoms with E-state index in [9.17, 15) is 8.78 Å². The molecule has 4 heteroatoms. The number of nitrogens with zero attached hydrogens (tertiary/aromatic N) is 1. The van der Waals surface area contributed by atoms with E-state index in [-0.39, 0.29) is 6.04 Å². The number of rotatable bonds is 4. The van der Waals surface area contributed by atoms with E-state index in [0.29, 0.717) is 11.0 Å². The first-order valence-corrected chi connectivity index (χ1v) is 7.30. The number of hydrogen-bond donors (Lipinski definition) is 1. The summed E-state index contributed by atoms with van der Waals surface area (Å²) < 4.78 is 26.4. The van der Waals surface area contributed by atoms with Crippen LogP contribution in [0.5, 0.6) is 0 Å². The molecule has 2 N–H and O–H groups in total. The van der Waals surface area contributed by atoms with E-state index in [2.05, 4.69) is 18.7 Å². The first kappa shape index (κ1) is 15.4. The predicted molar refractivity (Wildman–Crippen MR) is 77.4 cm³/mol. The maximum absolute atomic E-state index is 13.2. The van der Waals surface area contributed by atoms with Crippen LogP contribution in [0.2, 0.25) is 0 Å². The molecule has 1 aromatic rings. The van der Waals surface area contributed by atoms with Gasteiger partial charge >= 0.3 is 0 Å². The van der Waals surface area contributed by atoms with Crippen LogP contribution in [0.1, 0.15) is 44.7 Å². The van der Waals surface area contributed by atoms with Crippen LogP contribution in [0.25, 0.3) is 0 Å². The van der Waals surface area contributed by atoms with Crippen molar-refractivity contribution in [2.45, 2.75) is 39.2 Å². The lowest BCUT2D eigenvalue weighted by Crippen LogP contribution is -2.41. The molecule has 0 bridgehead atoms. The summed E-state index contributed by atoms with van der Waals surface area (Å²) in [5.41, 5.74) is 6.95. The van der Waals surface area contributed by atoms with Crippen molar-refractivity contribution in [2.24, 2.45) is 11.1 Å². The molecular formula is C16H24F2N2. The Balaban J connectivity index is 1.90. The Kier molecular flexibility index (Phi) is 4.76. The minimum atomic E-state index is -0.561. The predicted octanol–water partition coefficient (Wildman–Crippen LogP) is 3.48. The van der Waals surface area contributed by atoms with Crippen molar-refractivity contribution < 1.29 is 8.78 Å². The maximum atomic E-state index is 13.2. The van der Waals surface area contributed by atoms with Gasteiger partial charge in [-0.2, -0.15) is 0 Å². The normalized spacial score (nSPS) is 20.9. The number of nitrogens with two attached hydrogens (primary N) is 1. The molecule has 0 spiro atoms. The Morgan fingerprint density at radius 3 is 2.50 bits per heavy atom. The van der Waals surface area contributed by atoms with Gasteiger partial charge in [-0.25, -0.2) is 8.78 Å². The molecule has 20 heavy (non-hydrogen) atoms. The van der Waals surface area contributed by atoms with Gasteiger partial charge in [-0.05, 0) is 55.5 Å². The van der Waals surface area contributed by atoms with Gasteiger partial charge in [0.25, 0.3) is 0 Å². The molecule has 1 aromatic carbocycles. The summed E-state index contributed by atoms with van der Waals surface area (Å²) >= 11 is 0. The molecule has 1 heterocycles. The lowest BCUT2D eigenvalue weighted by Gasteiger charge is -2.38. The third-order valence-electron chi connectivity index (χ3n) is 4.05. The van der Waals surface area contributed by atoms with Gasteiger partial charge < -0.3 is 10.6 Å². The fraction of sp³-hybridized carbons (Fsp3) is 0.625. The molecular weight excluding hydrogens is 258 g/mol. The van der Waals surface area contributed by atoms with Gasteiger partial charge in [0.2, 0.25) is 0 Å². The van der Waals surface area contributed by atoms with Crippen LogP contribution in [0.15, 0.2) is 18.2 Å². The molecule has 0 amide bonds. The van der Waals surface area contributed by atoms with Gasteiger partial charge in [0.05, 0.1) is 0 Å². The molecule has 0 saturated carbocycles. The van der Waals surface area contributed by atoms with E-state index in [1.165, 1.54) is 25.0 Å². The molecule has 0 aromatic heterocycles. The summed E-state index contributed by atoms with van der Waals surface area (Å²) in [5, 5.41) is 0. The van der Waals surface area contributed by atoms with E-state index >= 15 is 0 Å². The second kappa shape index (κ2) is 6.19. The van der Waals surface area contributed by atoms with E-state index in [1.54, 1.807) is 0 Å². The minimum absolute atomic E-state index is 0.315. The number of piperidine rings is 1. The summed E-state index contributed by atoms with van der Waals surface area (Å²) in [4.78, 5) is 2.40. The Morgan fingerprint density at radius 1 is 1.25 bits per heavy atom. The molecule has 1 aliphatic heterocycles. The van der Waals surface area contributed by atoms with Crippen LogP contribution in [-0.4, -0.2) is 24.5 Å². The zero-order valence-electron chi connectivity index (χ0n) is 12.3. The van der Waals surface area contributed by atoms with Gasteiger partial charge in [-0.15, -0.1) is 0 Å². The second-order valence-corrected chi connectivity index (χ2v) is 6.64. The zero-order chi connectivity index (χ0) is 14.8. The molecule has 1 fully saturated rings. The van der Waals surface area contributed by atoms with Crippen LogP contribution in [-0.2, 0) is 0 Å². The van der Waals surface area contributed by atoms with Crippen molar-refractivity contribution >= 4 is 0 Å². The van der Waals surface area contributed by atoms with Gasteiger partial charge in [-0.1, -0.05) is 13.8 Å². The fourth-order valence-electron chi connectivity index (χ4n) is 3.01. The standard InChI is InChI=1S/C16H24F2N2/c1-16(2)5-3-6-20(11-16)7-4-15(19)12-8-13(17)10-14(18)9-12/h8-10,15H,3-7,11,19H2,1-2H3. The molecule has 0 radical (unpaired) electrons. The largest absolute Gasteiger partial charge is 0.324 e. The van der Waals surface area contributed by atoms with Crippen LogP contribution in [0, 0.1) is 17.0 Å². The first-order chi connectivity index (χ1) is 9.35. The molecule has 1 aliphatic rings. The third-order valence-corrected chi connectivity index (χ3v) is 4.05. The zero-order valence-corrected chi connectivity index (χ0v) is 12.3. The molecule has 1 atom stereocenters. The molecule has 2 rings (SSSR count). The van der Waals surface area contributed by atoms with E-state index in [4.69, 9.17) is 5.73 Å². The van der Waals surface area contributed by atoms with E-state index in [1.807, 2.05) is 0 Å². The van der Waals surface area contributed by atoms with Crippen molar-refractivity contribution in [1.29, 1.82) is 0 Å². The smallest absolute Gasteiger partial charge is 0.126 e. The molecule has 1 saturated heterocycles. The lowest BCUT2D eigenvalue weighted by molar-refractivity contribution is 0.115. The summed E-state index contributed by atoms with van der Waals surface area (Å²) in [5.74, 6) is -1.12.